The van der Waals surface area contributed by atoms with Crippen molar-refractivity contribution in [1.29, 1.82) is 0 Å². The number of rotatable bonds is 6. The summed E-state index contributed by atoms with van der Waals surface area (Å²) in [6, 6.07) is 10.1. The molecule has 0 fully saturated rings. The van der Waals surface area contributed by atoms with E-state index < -0.39 is 44.1 Å². The van der Waals surface area contributed by atoms with Crippen LogP contribution >= 0.6 is 11.3 Å². The smallest absolute Gasteiger partial charge is 0.462 e. The lowest BCUT2D eigenvalue weighted by molar-refractivity contribution is -0.137. The molecular formula is C20H13F6NO5S2. The number of thiazole rings is 1. The van der Waals surface area contributed by atoms with Crippen molar-refractivity contribution < 1.29 is 48.5 Å². The largest absolute Gasteiger partial charge is 0.534 e. The Kier molecular flexibility index (Phi) is 6.94. The Balaban J connectivity index is 2.02. The molecule has 1 aromatic heterocycles. The van der Waals surface area contributed by atoms with E-state index >= 15 is 0 Å². The molecule has 0 saturated heterocycles. The zero-order valence-corrected chi connectivity index (χ0v) is 18.5. The van der Waals surface area contributed by atoms with Gasteiger partial charge in [0.05, 0.1) is 12.2 Å². The third-order valence-corrected chi connectivity index (χ3v) is 6.21. The first-order valence-electron chi connectivity index (χ1n) is 9.20. The van der Waals surface area contributed by atoms with E-state index in [1.807, 2.05) is 0 Å². The second-order valence-electron chi connectivity index (χ2n) is 6.48. The lowest BCUT2D eigenvalue weighted by Gasteiger charge is -2.12. The first-order chi connectivity index (χ1) is 15.7. The molecule has 0 radical (unpaired) electrons. The number of alkyl halides is 6. The van der Waals surface area contributed by atoms with Gasteiger partial charge in [-0.25, -0.2) is 4.79 Å². The van der Waals surface area contributed by atoms with E-state index in [2.05, 4.69) is 9.17 Å². The third kappa shape index (κ3) is 5.33. The summed E-state index contributed by atoms with van der Waals surface area (Å²) in [5.74, 6) is -2.28. The first-order valence-corrected chi connectivity index (χ1v) is 11.4. The zero-order valence-electron chi connectivity index (χ0n) is 16.9. The number of nitrogens with zero attached hydrogens (tertiary/aromatic N) is 1. The van der Waals surface area contributed by atoms with Gasteiger partial charge in [-0.15, -0.1) is 11.3 Å². The lowest BCUT2D eigenvalue weighted by Crippen LogP contribution is -2.28. The number of halogens is 6. The second kappa shape index (κ2) is 9.25. The molecule has 0 aliphatic heterocycles. The Morgan fingerprint density at radius 1 is 0.971 bits per heavy atom. The Labute approximate surface area is 192 Å². The zero-order chi connectivity index (χ0) is 25.3. The van der Waals surface area contributed by atoms with Gasteiger partial charge in [-0.2, -0.15) is 39.7 Å². The molecular weight excluding hydrogens is 512 g/mol. The van der Waals surface area contributed by atoms with E-state index in [0.717, 1.165) is 6.07 Å². The highest BCUT2D eigenvalue weighted by Crippen LogP contribution is 2.39. The fourth-order valence-corrected chi connectivity index (χ4v) is 4.11. The van der Waals surface area contributed by atoms with Crippen molar-refractivity contribution in [3.63, 3.8) is 0 Å². The predicted octanol–water partition coefficient (Wildman–Crippen LogP) is 5.90. The summed E-state index contributed by atoms with van der Waals surface area (Å²) in [4.78, 5) is 15.2. The molecule has 14 heteroatoms. The van der Waals surface area contributed by atoms with Crippen LogP contribution in [-0.2, 0) is 21.0 Å². The van der Waals surface area contributed by atoms with Gasteiger partial charge in [-0.3, -0.25) is 0 Å². The van der Waals surface area contributed by atoms with Gasteiger partial charge in [0.1, 0.15) is 5.01 Å². The van der Waals surface area contributed by atoms with Gasteiger partial charge < -0.3 is 8.92 Å². The maximum atomic E-state index is 13.3. The normalized spacial score (nSPS) is 12.4. The maximum Gasteiger partial charge on any atom is 0.534 e. The number of hydrogen-bond donors (Lipinski definition) is 0. The Bertz CT molecular complexity index is 1300. The first kappa shape index (κ1) is 25.5. The number of carbonyl (C=O) groups is 1. The topological polar surface area (TPSA) is 82.6 Å². The molecule has 34 heavy (non-hydrogen) atoms. The van der Waals surface area contributed by atoms with Gasteiger partial charge in [0, 0.05) is 5.56 Å². The van der Waals surface area contributed by atoms with Crippen LogP contribution in [-0.4, -0.2) is 31.5 Å². The Morgan fingerprint density at radius 2 is 1.56 bits per heavy atom. The Hall–Kier alpha value is -3.13. The summed E-state index contributed by atoms with van der Waals surface area (Å²) in [6.07, 6.45) is -4.60. The van der Waals surface area contributed by atoms with Crippen LogP contribution in [0.1, 0.15) is 22.2 Å². The van der Waals surface area contributed by atoms with E-state index in [-0.39, 0.29) is 28.3 Å². The molecule has 0 aliphatic rings. The second-order valence-corrected chi connectivity index (χ2v) is 9.01. The number of carbonyl (C=O) groups excluding carboxylic acids is 1. The summed E-state index contributed by atoms with van der Waals surface area (Å²) in [6.45, 7) is 1.26. The number of hydrogen-bond acceptors (Lipinski definition) is 7. The van der Waals surface area contributed by atoms with Crippen LogP contribution in [0.5, 0.6) is 5.88 Å². The monoisotopic (exact) mass is 525 g/mol. The summed E-state index contributed by atoms with van der Waals surface area (Å²) in [7, 11) is -6.12. The van der Waals surface area contributed by atoms with Crippen molar-refractivity contribution in [2.45, 2.75) is 18.6 Å². The van der Waals surface area contributed by atoms with Crippen molar-refractivity contribution in [2.75, 3.05) is 6.61 Å². The standard InChI is InChI=1S/C20H13F6NO5S2/c1-2-31-18(28)15-16(32-34(29,30)20(24,25)26)27-17(33-15)12-9-7-11(8-10-12)13-5-3-4-6-14(13)19(21,22)23/h3-10H,2H2,1H3. The van der Waals surface area contributed by atoms with E-state index in [4.69, 9.17) is 4.74 Å². The number of benzene rings is 2. The van der Waals surface area contributed by atoms with E-state index in [1.54, 1.807) is 0 Å². The third-order valence-electron chi connectivity index (χ3n) is 4.20. The number of aromatic nitrogens is 1. The molecule has 6 nitrogen and oxygen atoms in total. The van der Waals surface area contributed by atoms with Gasteiger partial charge in [-0.05, 0) is 24.1 Å². The minimum absolute atomic E-state index is 0.104. The molecule has 1 heterocycles. The average Bonchev–Trinajstić information content (AvgIpc) is 3.16. The number of esters is 1. The van der Waals surface area contributed by atoms with Crippen molar-refractivity contribution in [2.24, 2.45) is 0 Å². The minimum Gasteiger partial charge on any atom is -0.462 e. The van der Waals surface area contributed by atoms with Crippen molar-refractivity contribution in [3.05, 3.63) is 59.0 Å². The van der Waals surface area contributed by atoms with E-state index in [0.29, 0.717) is 11.3 Å². The molecule has 0 aliphatic carbocycles. The maximum absolute atomic E-state index is 13.3. The van der Waals surface area contributed by atoms with Gasteiger partial charge >= 0.3 is 27.8 Å². The van der Waals surface area contributed by atoms with Gasteiger partial charge in [0.25, 0.3) is 5.88 Å². The highest BCUT2D eigenvalue weighted by molar-refractivity contribution is 7.88. The summed E-state index contributed by atoms with van der Waals surface area (Å²) < 4.78 is 110. The summed E-state index contributed by atoms with van der Waals surface area (Å²) >= 11 is 0.499. The fourth-order valence-electron chi connectivity index (χ4n) is 2.74. The average molecular weight is 525 g/mol. The summed E-state index contributed by atoms with van der Waals surface area (Å²) in [5.41, 5.74) is -6.36. The van der Waals surface area contributed by atoms with E-state index in [1.165, 1.54) is 49.4 Å². The molecule has 0 saturated carbocycles. The van der Waals surface area contributed by atoms with Crippen LogP contribution in [0.4, 0.5) is 26.3 Å². The molecule has 3 aromatic rings. The predicted molar refractivity (Wildman–Crippen MR) is 110 cm³/mol. The van der Waals surface area contributed by atoms with Crippen LogP contribution in [0, 0.1) is 0 Å². The molecule has 0 atom stereocenters. The highest BCUT2D eigenvalue weighted by atomic mass is 32.2. The van der Waals surface area contributed by atoms with Gasteiger partial charge in [0.15, 0.2) is 4.88 Å². The molecule has 0 spiro atoms. The molecule has 3 rings (SSSR count). The van der Waals surface area contributed by atoms with Crippen LogP contribution in [0.25, 0.3) is 21.7 Å². The van der Waals surface area contributed by atoms with Crippen LogP contribution in [0.3, 0.4) is 0 Å². The molecule has 182 valence electrons. The fraction of sp³-hybridized carbons (Fsp3) is 0.200. The summed E-state index contributed by atoms with van der Waals surface area (Å²) in [5, 5.41) is -0.119. The number of ether oxygens (including phenoxy) is 1. The molecule has 2 aromatic carbocycles. The van der Waals surface area contributed by atoms with Crippen molar-refractivity contribution in [1.82, 2.24) is 4.98 Å². The molecule has 0 amide bonds. The van der Waals surface area contributed by atoms with E-state index in [9.17, 15) is 39.6 Å². The quantitative estimate of drug-likeness (QED) is 0.173. The molecule has 0 bridgehead atoms. The van der Waals surface area contributed by atoms with Crippen LogP contribution in [0.2, 0.25) is 0 Å². The molecule has 0 unspecified atom stereocenters. The Morgan fingerprint density at radius 3 is 2.12 bits per heavy atom. The SMILES string of the molecule is CCOC(=O)c1sc(-c2ccc(-c3ccccc3C(F)(F)F)cc2)nc1OS(=O)(=O)C(F)(F)F. The van der Waals surface area contributed by atoms with Crippen molar-refractivity contribution in [3.8, 4) is 27.6 Å². The lowest BCUT2D eigenvalue weighted by atomic mass is 9.98. The van der Waals surface area contributed by atoms with Crippen LogP contribution in [0.15, 0.2) is 48.5 Å². The van der Waals surface area contributed by atoms with Crippen LogP contribution < -0.4 is 4.18 Å². The van der Waals surface area contributed by atoms with Gasteiger partial charge in [-0.1, -0.05) is 42.5 Å². The van der Waals surface area contributed by atoms with Crippen molar-refractivity contribution >= 4 is 27.4 Å². The molecule has 0 N–H and O–H groups in total. The minimum atomic E-state index is -6.12. The van der Waals surface area contributed by atoms with Gasteiger partial charge in [0.2, 0.25) is 0 Å². The highest BCUT2D eigenvalue weighted by Gasteiger charge is 2.49.